The van der Waals surface area contributed by atoms with Crippen LogP contribution in [0.15, 0.2) is 30.3 Å². The van der Waals surface area contributed by atoms with Crippen LogP contribution in [0.25, 0.3) is 0 Å². The van der Waals surface area contributed by atoms with Gasteiger partial charge < -0.3 is 15.0 Å². The number of ether oxygens (including phenoxy) is 1. The number of anilines is 1. The van der Waals surface area contributed by atoms with E-state index in [1.54, 1.807) is 0 Å². The lowest BCUT2D eigenvalue weighted by Gasteiger charge is -2.34. The number of benzene rings is 1. The first-order valence-electron chi connectivity index (χ1n) is 7.71. The summed E-state index contributed by atoms with van der Waals surface area (Å²) in [7, 11) is 0. The fourth-order valence-corrected chi connectivity index (χ4v) is 2.54. The Morgan fingerprint density at radius 2 is 2.05 bits per heavy atom. The van der Waals surface area contributed by atoms with E-state index in [1.807, 2.05) is 43.9 Å². The fraction of sp³-hybridized carbons (Fsp3) is 0.588. The van der Waals surface area contributed by atoms with Crippen molar-refractivity contribution < 1.29 is 9.53 Å². The van der Waals surface area contributed by atoms with Gasteiger partial charge in [0.15, 0.2) is 0 Å². The Morgan fingerprint density at radius 1 is 1.33 bits per heavy atom. The van der Waals surface area contributed by atoms with Crippen LogP contribution in [0, 0.1) is 5.92 Å². The summed E-state index contributed by atoms with van der Waals surface area (Å²) in [4.78, 5) is 14.0. The number of hydrogen-bond acceptors (Lipinski definition) is 3. The van der Waals surface area contributed by atoms with E-state index in [-0.39, 0.29) is 6.09 Å². The molecule has 0 saturated carbocycles. The molecule has 21 heavy (non-hydrogen) atoms. The molecule has 0 unspecified atom stereocenters. The predicted molar refractivity (Wildman–Crippen MR) is 85.5 cm³/mol. The molecule has 0 radical (unpaired) electrons. The second-order valence-corrected chi connectivity index (χ2v) is 6.68. The van der Waals surface area contributed by atoms with Gasteiger partial charge in [0.2, 0.25) is 0 Å². The number of rotatable bonds is 3. The number of hydrogen-bond donors (Lipinski definition) is 1. The summed E-state index contributed by atoms with van der Waals surface area (Å²) in [5, 5.41) is 3.44. The first-order chi connectivity index (χ1) is 9.94. The van der Waals surface area contributed by atoms with Crippen molar-refractivity contribution in [1.82, 2.24) is 4.90 Å². The van der Waals surface area contributed by atoms with Crippen molar-refractivity contribution in [3.05, 3.63) is 30.3 Å². The minimum absolute atomic E-state index is 0.188. The highest BCUT2D eigenvalue weighted by atomic mass is 16.6. The molecule has 1 saturated heterocycles. The molecule has 2 rings (SSSR count). The third-order valence-electron chi connectivity index (χ3n) is 3.54. The van der Waals surface area contributed by atoms with E-state index in [4.69, 9.17) is 4.74 Å². The average molecular weight is 290 g/mol. The highest BCUT2D eigenvalue weighted by Gasteiger charge is 2.27. The number of nitrogens with zero attached hydrogens (tertiary/aromatic N) is 1. The normalized spacial score (nSPS) is 19.2. The molecule has 1 aliphatic heterocycles. The van der Waals surface area contributed by atoms with Gasteiger partial charge in [-0.2, -0.15) is 0 Å². The molecule has 116 valence electrons. The smallest absolute Gasteiger partial charge is 0.410 e. The highest BCUT2D eigenvalue weighted by molar-refractivity contribution is 5.68. The Balaban J connectivity index is 1.82. The Kier molecular flexibility index (Phi) is 5.10. The number of carbonyl (C=O) groups is 1. The van der Waals surface area contributed by atoms with Gasteiger partial charge >= 0.3 is 6.09 Å². The number of carbonyl (C=O) groups excluding carboxylic acids is 1. The molecule has 1 amide bonds. The third-order valence-corrected chi connectivity index (χ3v) is 3.54. The van der Waals surface area contributed by atoms with Crippen molar-refractivity contribution in [3.63, 3.8) is 0 Å². The second-order valence-electron chi connectivity index (χ2n) is 6.68. The minimum Gasteiger partial charge on any atom is -0.444 e. The number of likely N-dealkylation sites (tertiary alicyclic amines) is 1. The van der Waals surface area contributed by atoms with Crippen LogP contribution in [0.1, 0.15) is 33.6 Å². The largest absolute Gasteiger partial charge is 0.444 e. The summed E-state index contributed by atoms with van der Waals surface area (Å²) in [6.07, 6.45) is 2.01. The van der Waals surface area contributed by atoms with E-state index in [1.165, 1.54) is 0 Å². The summed E-state index contributed by atoms with van der Waals surface area (Å²) in [6.45, 7) is 8.19. The lowest BCUT2D eigenvalue weighted by Crippen LogP contribution is -2.44. The van der Waals surface area contributed by atoms with E-state index >= 15 is 0 Å². The van der Waals surface area contributed by atoms with Crippen LogP contribution in [0.3, 0.4) is 0 Å². The van der Waals surface area contributed by atoms with Crippen molar-refractivity contribution in [3.8, 4) is 0 Å². The lowest BCUT2D eigenvalue weighted by atomic mass is 9.98. The van der Waals surface area contributed by atoms with Gasteiger partial charge in [0.05, 0.1) is 0 Å². The standard InChI is InChI=1S/C17H26N2O2/c1-17(2,3)21-16(20)19-11-7-8-14(13-19)12-18-15-9-5-4-6-10-15/h4-6,9-10,14,18H,7-8,11-13H2,1-3H3/t14-/m1/s1. The van der Waals surface area contributed by atoms with E-state index in [0.29, 0.717) is 5.92 Å². The van der Waals surface area contributed by atoms with Gasteiger partial charge in [0.1, 0.15) is 5.60 Å². The van der Waals surface area contributed by atoms with Crippen LogP contribution < -0.4 is 5.32 Å². The van der Waals surface area contributed by atoms with Crippen molar-refractivity contribution in [2.24, 2.45) is 5.92 Å². The van der Waals surface area contributed by atoms with Gasteiger partial charge in [-0.15, -0.1) is 0 Å². The molecule has 0 spiro atoms. The van der Waals surface area contributed by atoms with Crippen LogP contribution in [0.4, 0.5) is 10.5 Å². The van der Waals surface area contributed by atoms with E-state index in [9.17, 15) is 4.79 Å². The molecule has 4 nitrogen and oxygen atoms in total. The molecular formula is C17H26N2O2. The zero-order valence-corrected chi connectivity index (χ0v) is 13.3. The molecule has 4 heteroatoms. The van der Waals surface area contributed by atoms with Crippen molar-refractivity contribution in [2.45, 2.75) is 39.2 Å². The summed E-state index contributed by atoms with van der Waals surface area (Å²) in [5.74, 6) is 0.478. The predicted octanol–water partition coefficient (Wildman–Crippen LogP) is 3.75. The maximum absolute atomic E-state index is 12.1. The quantitative estimate of drug-likeness (QED) is 0.922. The van der Waals surface area contributed by atoms with Crippen LogP contribution >= 0.6 is 0 Å². The summed E-state index contributed by atoms with van der Waals surface area (Å²) < 4.78 is 5.45. The molecule has 1 aromatic carbocycles. The van der Waals surface area contributed by atoms with Gasteiger partial charge in [-0.25, -0.2) is 4.79 Å². The molecular weight excluding hydrogens is 264 g/mol. The number of amides is 1. The molecule has 1 aliphatic rings. The van der Waals surface area contributed by atoms with Gasteiger partial charge in [0.25, 0.3) is 0 Å². The van der Waals surface area contributed by atoms with Crippen molar-refractivity contribution >= 4 is 11.8 Å². The van der Waals surface area contributed by atoms with E-state index < -0.39 is 5.60 Å². The van der Waals surface area contributed by atoms with Gasteiger partial charge in [-0.05, 0) is 51.7 Å². The first-order valence-corrected chi connectivity index (χ1v) is 7.71. The molecule has 1 N–H and O–H groups in total. The van der Waals surface area contributed by atoms with Crippen molar-refractivity contribution in [2.75, 3.05) is 25.0 Å². The second kappa shape index (κ2) is 6.83. The molecule has 0 aromatic heterocycles. The summed E-state index contributed by atoms with van der Waals surface area (Å²) in [6, 6.07) is 10.2. The number of para-hydroxylation sites is 1. The summed E-state index contributed by atoms with van der Waals surface area (Å²) in [5.41, 5.74) is 0.707. The monoisotopic (exact) mass is 290 g/mol. The maximum Gasteiger partial charge on any atom is 0.410 e. The number of piperidine rings is 1. The Bertz CT molecular complexity index is 454. The maximum atomic E-state index is 12.1. The van der Waals surface area contributed by atoms with Gasteiger partial charge in [-0.3, -0.25) is 0 Å². The van der Waals surface area contributed by atoms with Crippen LogP contribution in [0.5, 0.6) is 0 Å². The van der Waals surface area contributed by atoms with Gasteiger partial charge in [-0.1, -0.05) is 18.2 Å². The minimum atomic E-state index is -0.424. The lowest BCUT2D eigenvalue weighted by molar-refractivity contribution is 0.0172. The topological polar surface area (TPSA) is 41.6 Å². The molecule has 0 bridgehead atoms. The van der Waals surface area contributed by atoms with E-state index in [0.717, 1.165) is 38.2 Å². The molecule has 1 atom stereocenters. The molecule has 1 aromatic rings. The Morgan fingerprint density at radius 3 is 2.71 bits per heavy atom. The molecule has 1 heterocycles. The molecule has 0 aliphatic carbocycles. The zero-order valence-electron chi connectivity index (χ0n) is 13.3. The van der Waals surface area contributed by atoms with Crippen LogP contribution in [-0.4, -0.2) is 36.2 Å². The van der Waals surface area contributed by atoms with Gasteiger partial charge in [0, 0.05) is 25.3 Å². The average Bonchev–Trinajstić information content (AvgIpc) is 2.45. The zero-order chi connectivity index (χ0) is 15.3. The first kappa shape index (κ1) is 15.7. The number of nitrogens with one attached hydrogen (secondary N) is 1. The van der Waals surface area contributed by atoms with Crippen LogP contribution in [-0.2, 0) is 4.74 Å². The SMILES string of the molecule is CC(C)(C)OC(=O)N1CCC[C@H](CNc2ccccc2)C1. The van der Waals surface area contributed by atoms with Crippen LogP contribution in [0.2, 0.25) is 0 Å². The Labute approximate surface area is 127 Å². The van der Waals surface area contributed by atoms with E-state index in [2.05, 4.69) is 17.4 Å². The Hall–Kier alpha value is -1.71. The fourth-order valence-electron chi connectivity index (χ4n) is 2.54. The van der Waals surface area contributed by atoms with Crippen molar-refractivity contribution in [1.29, 1.82) is 0 Å². The summed E-state index contributed by atoms with van der Waals surface area (Å²) >= 11 is 0. The molecule has 1 fully saturated rings. The third kappa shape index (κ3) is 5.29. The highest BCUT2D eigenvalue weighted by Crippen LogP contribution is 2.20.